The quantitative estimate of drug-likeness (QED) is 0.813. The average molecular weight is 236 g/mol. The van der Waals surface area contributed by atoms with Crippen molar-refractivity contribution in [3.63, 3.8) is 0 Å². The number of carbonyl (C=O) groups excluding carboxylic acids is 1. The first kappa shape index (κ1) is 12.2. The third-order valence-electron chi connectivity index (χ3n) is 3.54. The van der Waals surface area contributed by atoms with E-state index in [9.17, 15) is 4.79 Å². The van der Waals surface area contributed by atoms with E-state index in [1.165, 1.54) is 24.1 Å². The van der Waals surface area contributed by atoms with Crippen molar-refractivity contribution in [2.45, 2.75) is 45.2 Å². The fraction of sp³-hybridized carbons (Fsp3) is 0.615. The van der Waals surface area contributed by atoms with Crippen molar-refractivity contribution in [1.82, 2.24) is 4.57 Å². The molecule has 1 atom stereocenters. The molecule has 0 bridgehead atoms. The van der Waals surface area contributed by atoms with Crippen LogP contribution in [0.5, 0.6) is 0 Å². The Morgan fingerprint density at radius 3 is 3.12 bits per heavy atom. The van der Waals surface area contributed by atoms with E-state index in [0.29, 0.717) is 13.0 Å². The number of aryl methyl sites for hydroxylation is 1. The number of nitrogens with zero attached hydrogens (tertiary/aromatic N) is 1. The Labute approximate surface area is 102 Å². The van der Waals surface area contributed by atoms with Gasteiger partial charge in [0.15, 0.2) is 0 Å². The second kappa shape index (κ2) is 4.92. The maximum Gasteiger partial charge on any atom is 0.307 e. The van der Waals surface area contributed by atoms with Gasteiger partial charge in [0.25, 0.3) is 0 Å². The summed E-state index contributed by atoms with van der Waals surface area (Å²) < 4.78 is 6.89. The summed E-state index contributed by atoms with van der Waals surface area (Å²) in [6.07, 6.45) is 3.69. The molecule has 1 heterocycles. The van der Waals surface area contributed by atoms with E-state index < -0.39 is 0 Å². The molecule has 0 spiro atoms. The SMILES string of the molecule is COC(=O)CCn1c(C)cc2c1CCCC2N. The van der Waals surface area contributed by atoms with E-state index in [4.69, 9.17) is 5.73 Å². The highest BCUT2D eigenvalue weighted by molar-refractivity contribution is 5.69. The maximum absolute atomic E-state index is 11.2. The average Bonchev–Trinajstić information content (AvgIpc) is 2.64. The molecule has 94 valence electrons. The number of methoxy groups -OCH3 is 1. The van der Waals surface area contributed by atoms with Crippen molar-refractivity contribution in [1.29, 1.82) is 0 Å². The standard InChI is InChI=1S/C13H20N2O2/c1-9-8-10-11(14)4-3-5-12(10)15(9)7-6-13(16)17-2/h8,11H,3-7,14H2,1-2H3. The van der Waals surface area contributed by atoms with E-state index in [1.807, 2.05) is 0 Å². The summed E-state index contributed by atoms with van der Waals surface area (Å²) in [4.78, 5) is 11.2. The maximum atomic E-state index is 11.2. The number of ether oxygens (including phenoxy) is 1. The molecule has 0 amide bonds. The first-order chi connectivity index (χ1) is 8.13. The summed E-state index contributed by atoms with van der Waals surface area (Å²) in [7, 11) is 1.43. The Morgan fingerprint density at radius 2 is 2.41 bits per heavy atom. The molecular weight excluding hydrogens is 216 g/mol. The van der Waals surface area contributed by atoms with Gasteiger partial charge >= 0.3 is 5.97 Å². The van der Waals surface area contributed by atoms with E-state index in [1.54, 1.807) is 0 Å². The molecule has 1 aliphatic rings. The van der Waals surface area contributed by atoms with Crippen molar-refractivity contribution < 1.29 is 9.53 Å². The normalized spacial score (nSPS) is 18.9. The molecule has 1 aliphatic carbocycles. The summed E-state index contributed by atoms with van der Waals surface area (Å²) in [5, 5.41) is 0. The topological polar surface area (TPSA) is 57.2 Å². The van der Waals surface area contributed by atoms with Crippen molar-refractivity contribution in [2.24, 2.45) is 5.73 Å². The highest BCUT2D eigenvalue weighted by Crippen LogP contribution is 2.30. The minimum atomic E-state index is -0.160. The van der Waals surface area contributed by atoms with Crippen LogP contribution in [0.2, 0.25) is 0 Å². The van der Waals surface area contributed by atoms with E-state index in [0.717, 1.165) is 19.3 Å². The second-order valence-electron chi connectivity index (χ2n) is 4.66. The molecule has 0 saturated carbocycles. The number of rotatable bonds is 3. The first-order valence-corrected chi connectivity index (χ1v) is 6.14. The summed E-state index contributed by atoms with van der Waals surface area (Å²) >= 11 is 0. The number of nitrogens with two attached hydrogens (primary N) is 1. The monoisotopic (exact) mass is 236 g/mol. The van der Waals surface area contributed by atoms with Crippen LogP contribution in [0.3, 0.4) is 0 Å². The second-order valence-corrected chi connectivity index (χ2v) is 4.66. The van der Waals surface area contributed by atoms with Crippen LogP contribution in [0.4, 0.5) is 0 Å². The number of fused-ring (bicyclic) bond motifs is 1. The van der Waals surface area contributed by atoms with Crippen molar-refractivity contribution in [3.05, 3.63) is 23.0 Å². The lowest BCUT2D eigenvalue weighted by Crippen LogP contribution is -2.19. The van der Waals surface area contributed by atoms with Crippen molar-refractivity contribution in [3.8, 4) is 0 Å². The highest BCUT2D eigenvalue weighted by atomic mass is 16.5. The molecular formula is C13H20N2O2. The number of hydrogen-bond donors (Lipinski definition) is 1. The molecule has 17 heavy (non-hydrogen) atoms. The van der Waals surface area contributed by atoms with Gasteiger partial charge in [0.1, 0.15) is 0 Å². The molecule has 2 rings (SSSR count). The Kier molecular flexibility index (Phi) is 3.52. The zero-order valence-corrected chi connectivity index (χ0v) is 10.5. The smallest absolute Gasteiger partial charge is 0.307 e. The molecule has 1 unspecified atom stereocenters. The lowest BCUT2D eigenvalue weighted by molar-refractivity contribution is -0.140. The number of aromatic nitrogens is 1. The van der Waals surface area contributed by atoms with E-state index in [2.05, 4.69) is 22.3 Å². The van der Waals surface area contributed by atoms with Crippen molar-refractivity contribution >= 4 is 5.97 Å². The first-order valence-electron chi connectivity index (χ1n) is 6.14. The largest absolute Gasteiger partial charge is 0.469 e. The zero-order chi connectivity index (χ0) is 12.4. The lowest BCUT2D eigenvalue weighted by atomic mass is 9.93. The molecule has 2 N–H and O–H groups in total. The van der Waals surface area contributed by atoms with Gasteiger partial charge in [-0.3, -0.25) is 4.79 Å². The van der Waals surface area contributed by atoms with Crippen LogP contribution in [0.15, 0.2) is 6.07 Å². The van der Waals surface area contributed by atoms with Gasteiger partial charge in [-0.2, -0.15) is 0 Å². The van der Waals surface area contributed by atoms with Gasteiger partial charge in [-0.15, -0.1) is 0 Å². The van der Waals surface area contributed by atoms with Gasteiger partial charge in [-0.05, 0) is 37.8 Å². The Morgan fingerprint density at radius 1 is 1.65 bits per heavy atom. The molecule has 4 nitrogen and oxygen atoms in total. The third kappa shape index (κ3) is 2.36. The molecule has 0 aliphatic heterocycles. The Bertz CT molecular complexity index is 423. The van der Waals surface area contributed by atoms with Gasteiger partial charge in [0.05, 0.1) is 13.5 Å². The molecule has 0 aromatic carbocycles. The summed E-state index contributed by atoms with van der Waals surface area (Å²) in [5.74, 6) is -0.160. The van der Waals surface area contributed by atoms with Crippen LogP contribution in [0.25, 0.3) is 0 Å². The zero-order valence-electron chi connectivity index (χ0n) is 10.5. The Hall–Kier alpha value is -1.29. The third-order valence-corrected chi connectivity index (χ3v) is 3.54. The summed E-state index contributed by atoms with van der Waals surface area (Å²) in [6, 6.07) is 2.33. The Balaban J connectivity index is 2.19. The van der Waals surface area contributed by atoms with Gasteiger partial charge in [0, 0.05) is 24.0 Å². The van der Waals surface area contributed by atoms with Gasteiger partial charge < -0.3 is 15.0 Å². The molecule has 0 saturated heterocycles. The predicted octanol–water partition coefficient (Wildman–Crippen LogP) is 1.70. The fourth-order valence-electron chi connectivity index (χ4n) is 2.62. The van der Waals surface area contributed by atoms with Crippen LogP contribution in [-0.4, -0.2) is 17.6 Å². The van der Waals surface area contributed by atoms with Crippen molar-refractivity contribution in [2.75, 3.05) is 7.11 Å². The van der Waals surface area contributed by atoms with E-state index in [-0.39, 0.29) is 12.0 Å². The number of carbonyl (C=O) groups is 1. The predicted molar refractivity (Wildman–Crippen MR) is 65.7 cm³/mol. The van der Waals surface area contributed by atoms with Crippen LogP contribution in [0.1, 0.15) is 42.3 Å². The number of esters is 1. The molecule has 1 aromatic rings. The summed E-state index contributed by atoms with van der Waals surface area (Å²) in [6.45, 7) is 2.77. The van der Waals surface area contributed by atoms with Gasteiger partial charge in [-0.1, -0.05) is 0 Å². The van der Waals surface area contributed by atoms with Crippen LogP contribution in [0, 0.1) is 6.92 Å². The highest BCUT2D eigenvalue weighted by Gasteiger charge is 2.22. The minimum absolute atomic E-state index is 0.160. The van der Waals surface area contributed by atoms with Gasteiger partial charge in [-0.25, -0.2) is 0 Å². The molecule has 0 radical (unpaired) electrons. The molecule has 4 heteroatoms. The minimum Gasteiger partial charge on any atom is -0.469 e. The van der Waals surface area contributed by atoms with E-state index >= 15 is 0 Å². The number of hydrogen-bond acceptors (Lipinski definition) is 3. The molecule has 1 aromatic heterocycles. The lowest BCUT2D eigenvalue weighted by Gasteiger charge is -2.21. The van der Waals surface area contributed by atoms with Crippen LogP contribution < -0.4 is 5.73 Å². The molecule has 0 fully saturated rings. The van der Waals surface area contributed by atoms with Crippen LogP contribution >= 0.6 is 0 Å². The summed E-state index contributed by atoms with van der Waals surface area (Å²) in [5.41, 5.74) is 9.87. The van der Waals surface area contributed by atoms with Crippen LogP contribution in [-0.2, 0) is 22.5 Å². The van der Waals surface area contributed by atoms with Gasteiger partial charge in [0.2, 0.25) is 0 Å². The fourth-order valence-corrected chi connectivity index (χ4v) is 2.62.